The van der Waals surface area contributed by atoms with E-state index in [-0.39, 0.29) is 17.5 Å². The van der Waals surface area contributed by atoms with Crippen molar-refractivity contribution in [2.24, 2.45) is 0 Å². The summed E-state index contributed by atoms with van der Waals surface area (Å²) in [5.41, 5.74) is -0.0468. The van der Waals surface area contributed by atoms with E-state index in [2.05, 4.69) is 0 Å². The van der Waals surface area contributed by atoms with Crippen molar-refractivity contribution in [2.75, 3.05) is 0 Å². The number of non-ortho nitro benzene ring substituents is 1. The Morgan fingerprint density at radius 2 is 1.70 bits per heavy atom. The Morgan fingerprint density at radius 3 is 2.25 bits per heavy atom. The molecule has 0 aliphatic heterocycles. The standard InChI is InChI=1S/C14H17NO5/c16-14(19-12-5-3-1-2-4-6-12)20-13-9-7-11(8-10-13)15(17)18/h7-10,12H,1-6H2. The first-order chi connectivity index (χ1) is 9.65. The van der Waals surface area contributed by atoms with E-state index in [4.69, 9.17) is 9.47 Å². The zero-order valence-electron chi connectivity index (χ0n) is 11.1. The second-order valence-electron chi connectivity index (χ2n) is 4.83. The Kier molecular flexibility index (Phi) is 4.92. The highest BCUT2D eigenvalue weighted by Crippen LogP contribution is 2.21. The Bertz CT molecular complexity index is 463. The maximum absolute atomic E-state index is 11.6. The number of benzene rings is 1. The maximum atomic E-state index is 11.6. The van der Waals surface area contributed by atoms with Gasteiger partial charge in [0.2, 0.25) is 0 Å². The van der Waals surface area contributed by atoms with Crippen LogP contribution in [-0.2, 0) is 4.74 Å². The smallest absolute Gasteiger partial charge is 0.431 e. The minimum atomic E-state index is -0.745. The number of nitro benzene ring substituents is 1. The average Bonchev–Trinajstić information content (AvgIpc) is 2.68. The second kappa shape index (κ2) is 6.88. The first-order valence-corrected chi connectivity index (χ1v) is 6.78. The van der Waals surface area contributed by atoms with Crippen LogP contribution in [0.3, 0.4) is 0 Å². The van der Waals surface area contributed by atoms with E-state index in [1.807, 2.05) is 0 Å². The van der Waals surface area contributed by atoms with Crippen LogP contribution < -0.4 is 4.74 Å². The maximum Gasteiger partial charge on any atom is 0.514 e. The molecule has 2 rings (SSSR count). The van der Waals surface area contributed by atoms with E-state index in [0.717, 1.165) is 25.7 Å². The second-order valence-corrected chi connectivity index (χ2v) is 4.83. The number of ether oxygens (including phenoxy) is 2. The first-order valence-electron chi connectivity index (χ1n) is 6.78. The van der Waals surface area contributed by atoms with Crippen molar-refractivity contribution >= 4 is 11.8 Å². The highest BCUT2D eigenvalue weighted by atomic mass is 16.7. The minimum Gasteiger partial charge on any atom is -0.431 e. The quantitative estimate of drug-likeness (QED) is 0.276. The zero-order chi connectivity index (χ0) is 14.4. The van der Waals surface area contributed by atoms with Crippen LogP contribution >= 0.6 is 0 Å². The fraction of sp³-hybridized carbons (Fsp3) is 0.500. The summed E-state index contributed by atoms with van der Waals surface area (Å²) in [6.45, 7) is 0. The van der Waals surface area contributed by atoms with E-state index in [9.17, 15) is 14.9 Å². The molecule has 20 heavy (non-hydrogen) atoms. The molecule has 0 radical (unpaired) electrons. The Morgan fingerprint density at radius 1 is 1.10 bits per heavy atom. The average molecular weight is 279 g/mol. The van der Waals surface area contributed by atoms with E-state index < -0.39 is 11.1 Å². The van der Waals surface area contributed by atoms with Gasteiger partial charge in [-0.15, -0.1) is 0 Å². The van der Waals surface area contributed by atoms with E-state index >= 15 is 0 Å². The van der Waals surface area contributed by atoms with Gasteiger partial charge >= 0.3 is 6.16 Å². The van der Waals surface area contributed by atoms with Gasteiger partial charge < -0.3 is 9.47 Å². The molecule has 6 heteroatoms. The molecule has 0 saturated heterocycles. The van der Waals surface area contributed by atoms with Gasteiger partial charge in [-0.25, -0.2) is 4.79 Å². The van der Waals surface area contributed by atoms with Crippen molar-refractivity contribution in [3.63, 3.8) is 0 Å². The summed E-state index contributed by atoms with van der Waals surface area (Å²) in [7, 11) is 0. The Hall–Kier alpha value is -2.11. The van der Waals surface area contributed by atoms with Crippen LogP contribution in [0.2, 0.25) is 0 Å². The molecule has 1 aromatic rings. The van der Waals surface area contributed by atoms with Gasteiger partial charge in [0.05, 0.1) is 4.92 Å². The molecular formula is C14H17NO5. The summed E-state index contributed by atoms with van der Waals surface area (Å²) >= 11 is 0. The SMILES string of the molecule is O=C(Oc1ccc([N+](=O)[O-])cc1)OC1CCCCCC1. The number of hydrogen-bond donors (Lipinski definition) is 0. The zero-order valence-corrected chi connectivity index (χ0v) is 11.1. The van der Waals surface area contributed by atoms with Gasteiger partial charge in [0.15, 0.2) is 0 Å². The van der Waals surface area contributed by atoms with Crippen molar-refractivity contribution in [3.8, 4) is 5.75 Å². The summed E-state index contributed by atoms with van der Waals surface area (Å²) in [5, 5.41) is 10.5. The lowest BCUT2D eigenvalue weighted by Crippen LogP contribution is -2.20. The van der Waals surface area contributed by atoms with Gasteiger partial charge in [0.25, 0.3) is 5.69 Å². The molecule has 0 aromatic heterocycles. The number of hydrogen-bond acceptors (Lipinski definition) is 5. The van der Waals surface area contributed by atoms with Crippen LogP contribution in [0.25, 0.3) is 0 Å². The largest absolute Gasteiger partial charge is 0.514 e. The Labute approximate surface area is 116 Å². The van der Waals surface area contributed by atoms with Crippen molar-refractivity contribution in [2.45, 2.75) is 44.6 Å². The molecule has 108 valence electrons. The van der Waals surface area contributed by atoms with E-state index in [0.29, 0.717) is 0 Å². The predicted molar refractivity (Wildman–Crippen MR) is 71.7 cm³/mol. The molecule has 1 fully saturated rings. The van der Waals surface area contributed by atoms with Crippen molar-refractivity contribution in [3.05, 3.63) is 34.4 Å². The Balaban J connectivity index is 1.85. The van der Waals surface area contributed by atoms with E-state index in [1.165, 1.54) is 37.1 Å². The predicted octanol–water partition coefficient (Wildman–Crippen LogP) is 3.83. The monoisotopic (exact) mass is 279 g/mol. The van der Waals surface area contributed by atoms with Crippen molar-refractivity contribution in [1.82, 2.24) is 0 Å². The fourth-order valence-corrected chi connectivity index (χ4v) is 2.25. The lowest BCUT2D eigenvalue weighted by atomic mass is 10.2. The summed E-state index contributed by atoms with van der Waals surface area (Å²) in [5.74, 6) is 0.245. The normalized spacial score (nSPS) is 16.2. The van der Waals surface area contributed by atoms with Gasteiger partial charge in [0, 0.05) is 12.1 Å². The molecule has 0 heterocycles. The van der Waals surface area contributed by atoms with Crippen LogP contribution in [0, 0.1) is 10.1 Å². The molecule has 0 unspecified atom stereocenters. The van der Waals surface area contributed by atoms with Crippen LogP contribution in [0.5, 0.6) is 5.75 Å². The summed E-state index contributed by atoms with van der Waals surface area (Å²) in [6, 6.07) is 5.33. The van der Waals surface area contributed by atoms with Crippen molar-refractivity contribution < 1.29 is 19.2 Å². The number of rotatable bonds is 3. The molecule has 0 spiro atoms. The summed E-state index contributed by atoms with van der Waals surface area (Å²) < 4.78 is 10.3. The minimum absolute atomic E-state index is 0.0468. The number of nitrogens with zero attached hydrogens (tertiary/aromatic N) is 1. The lowest BCUT2D eigenvalue weighted by Gasteiger charge is -2.14. The molecule has 1 aliphatic rings. The number of carbonyl (C=O) groups excluding carboxylic acids is 1. The number of carbonyl (C=O) groups is 1. The third-order valence-corrected chi connectivity index (χ3v) is 3.31. The molecule has 1 aromatic carbocycles. The third kappa shape index (κ3) is 4.22. The molecule has 0 atom stereocenters. The lowest BCUT2D eigenvalue weighted by molar-refractivity contribution is -0.384. The van der Waals surface area contributed by atoms with Crippen molar-refractivity contribution in [1.29, 1.82) is 0 Å². The molecule has 0 N–H and O–H groups in total. The summed E-state index contributed by atoms with van der Waals surface area (Å²) in [4.78, 5) is 21.6. The molecule has 1 saturated carbocycles. The third-order valence-electron chi connectivity index (χ3n) is 3.31. The van der Waals surface area contributed by atoms with Gasteiger partial charge in [0.1, 0.15) is 11.9 Å². The summed E-state index contributed by atoms with van der Waals surface area (Å²) in [6.07, 6.45) is 5.40. The van der Waals surface area contributed by atoms with Crippen LogP contribution in [0.4, 0.5) is 10.5 Å². The molecule has 6 nitrogen and oxygen atoms in total. The first kappa shape index (κ1) is 14.3. The fourth-order valence-electron chi connectivity index (χ4n) is 2.25. The molecule has 0 bridgehead atoms. The highest BCUT2D eigenvalue weighted by Gasteiger charge is 2.18. The van der Waals surface area contributed by atoms with E-state index in [1.54, 1.807) is 0 Å². The topological polar surface area (TPSA) is 78.7 Å². The van der Waals surface area contributed by atoms with Gasteiger partial charge in [-0.05, 0) is 37.8 Å². The molecule has 0 amide bonds. The van der Waals surface area contributed by atoms with Gasteiger partial charge in [-0.1, -0.05) is 12.8 Å². The van der Waals surface area contributed by atoms with Gasteiger partial charge in [-0.3, -0.25) is 10.1 Å². The number of nitro groups is 1. The molecule has 1 aliphatic carbocycles. The van der Waals surface area contributed by atoms with Crippen LogP contribution in [-0.4, -0.2) is 17.2 Å². The van der Waals surface area contributed by atoms with Crippen LogP contribution in [0.15, 0.2) is 24.3 Å². The van der Waals surface area contributed by atoms with Crippen LogP contribution in [0.1, 0.15) is 38.5 Å². The van der Waals surface area contributed by atoms with Gasteiger partial charge in [-0.2, -0.15) is 0 Å². The molecular weight excluding hydrogens is 262 g/mol. The highest BCUT2D eigenvalue weighted by molar-refractivity contribution is 5.64.